The fourth-order valence-electron chi connectivity index (χ4n) is 2.48. The summed E-state index contributed by atoms with van der Waals surface area (Å²) in [5, 5.41) is 13.5. The monoisotopic (exact) mass is 370 g/mol. The van der Waals surface area contributed by atoms with Gasteiger partial charge < -0.3 is 9.47 Å². The maximum Gasteiger partial charge on any atom is 0.235 e. The number of hydrogen-bond donors (Lipinski definition) is 0. The van der Waals surface area contributed by atoms with E-state index in [1.54, 1.807) is 16.6 Å². The van der Waals surface area contributed by atoms with Crippen molar-refractivity contribution >= 4 is 16.3 Å². The first kappa shape index (κ1) is 16.5. The summed E-state index contributed by atoms with van der Waals surface area (Å²) in [5.41, 5.74) is 0.748. The number of benzene rings is 2. The summed E-state index contributed by atoms with van der Waals surface area (Å²) in [7, 11) is 0. The summed E-state index contributed by atoms with van der Waals surface area (Å²) in [6, 6.07) is 13.6. The normalized spacial score (nSPS) is 11.0. The van der Waals surface area contributed by atoms with Gasteiger partial charge in [0.1, 0.15) is 12.4 Å². The predicted octanol–water partition coefficient (Wildman–Crippen LogP) is 3.97. The minimum absolute atomic E-state index is 0.293. The van der Waals surface area contributed by atoms with Gasteiger partial charge in [-0.2, -0.15) is 9.61 Å². The molecule has 132 valence electrons. The molecule has 0 aliphatic heterocycles. The van der Waals surface area contributed by atoms with Crippen molar-refractivity contribution in [2.45, 2.75) is 13.5 Å². The number of rotatable bonds is 6. The van der Waals surface area contributed by atoms with E-state index < -0.39 is 0 Å². The molecule has 0 atom stereocenters. The van der Waals surface area contributed by atoms with Gasteiger partial charge in [-0.1, -0.05) is 23.5 Å². The molecule has 0 aliphatic carbocycles. The molecule has 26 heavy (non-hydrogen) atoms. The number of para-hydroxylation sites is 2. The Morgan fingerprint density at radius 1 is 1.00 bits per heavy atom. The second kappa shape index (κ2) is 7.09. The van der Waals surface area contributed by atoms with Gasteiger partial charge in [0.2, 0.25) is 4.96 Å². The summed E-state index contributed by atoms with van der Waals surface area (Å²) >= 11 is 1.39. The first-order chi connectivity index (χ1) is 12.7. The summed E-state index contributed by atoms with van der Waals surface area (Å²) < 4.78 is 26.2. The summed E-state index contributed by atoms with van der Waals surface area (Å²) in [4.78, 5) is 0.654. The standard InChI is InChI=1S/C18H15FN4O2S/c1-2-24-14-5-3-4-6-15(14)25-11-16-22-23-17(20-21-18(23)26-16)12-7-9-13(19)10-8-12/h3-10H,2,11H2,1H3. The van der Waals surface area contributed by atoms with Crippen molar-refractivity contribution in [2.75, 3.05) is 6.61 Å². The maximum absolute atomic E-state index is 13.1. The topological polar surface area (TPSA) is 61.5 Å². The van der Waals surface area contributed by atoms with E-state index in [9.17, 15) is 4.39 Å². The quantitative estimate of drug-likeness (QED) is 0.514. The molecule has 2 aromatic heterocycles. The van der Waals surface area contributed by atoms with Crippen LogP contribution < -0.4 is 9.47 Å². The molecule has 6 nitrogen and oxygen atoms in total. The van der Waals surface area contributed by atoms with E-state index in [0.717, 1.165) is 10.6 Å². The lowest BCUT2D eigenvalue weighted by Gasteiger charge is -2.10. The largest absolute Gasteiger partial charge is 0.490 e. The molecule has 0 amide bonds. The number of ether oxygens (including phenoxy) is 2. The highest BCUT2D eigenvalue weighted by atomic mass is 32.1. The molecule has 0 bridgehead atoms. The smallest absolute Gasteiger partial charge is 0.235 e. The summed E-state index contributed by atoms with van der Waals surface area (Å²) in [6.07, 6.45) is 0. The third-order valence-electron chi connectivity index (χ3n) is 3.64. The number of aromatic nitrogens is 4. The minimum atomic E-state index is -0.296. The Morgan fingerprint density at radius 2 is 1.73 bits per heavy atom. The Kier molecular flexibility index (Phi) is 4.49. The van der Waals surface area contributed by atoms with Crippen LogP contribution in [0.5, 0.6) is 11.5 Å². The van der Waals surface area contributed by atoms with Crippen LogP contribution in [0.1, 0.15) is 11.9 Å². The van der Waals surface area contributed by atoms with Gasteiger partial charge in [-0.3, -0.25) is 0 Å². The van der Waals surface area contributed by atoms with Crippen molar-refractivity contribution in [1.29, 1.82) is 0 Å². The van der Waals surface area contributed by atoms with Gasteiger partial charge in [0.25, 0.3) is 0 Å². The highest BCUT2D eigenvalue weighted by Crippen LogP contribution is 2.28. The molecule has 0 radical (unpaired) electrons. The molecular formula is C18H15FN4O2S. The van der Waals surface area contributed by atoms with Crippen LogP contribution in [0.4, 0.5) is 4.39 Å². The SMILES string of the molecule is CCOc1ccccc1OCc1nn2c(-c3ccc(F)cc3)nnc2s1. The van der Waals surface area contributed by atoms with Crippen LogP contribution in [0.15, 0.2) is 48.5 Å². The fraction of sp³-hybridized carbons (Fsp3) is 0.167. The van der Waals surface area contributed by atoms with E-state index in [4.69, 9.17) is 9.47 Å². The van der Waals surface area contributed by atoms with Gasteiger partial charge in [-0.15, -0.1) is 10.2 Å². The van der Waals surface area contributed by atoms with Crippen molar-refractivity contribution in [3.8, 4) is 22.9 Å². The van der Waals surface area contributed by atoms with Crippen LogP contribution in [0, 0.1) is 5.82 Å². The lowest BCUT2D eigenvalue weighted by molar-refractivity contribution is 0.268. The lowest BCUT2D eigenvalue weighted by atomic mass is 10.2. The molecule has 8 heteroatoms. The zero-order valence-corrected chi connectivity index (χ0v) is 14.7. The van der Waals surface area contributed by atoms with E-state index in [1.165, 1.54) is 23.5 Å². The number of fused-ring (bicyclic) bond motifs is 1. The molecule has 0 fully saturated rings. The fourth-order valence-corrected chi connectivity index (χ4v) is 3.22. The first-order valence-electron chi connectivity index (χ1n) is 8.06. The van der Waals surface area contributed by atoms with Crippen LogP contribution >= 0.6 is 11.3 Å². The Balaban J connectivity index is 1.56. The van der Waals surface area contributed by atoms with Crippen molar-refractivity contribution in [3.05, 3.63) is 59.4 Å². The van der Waals surface area contributed by atoms with Gasteiger partial charge in [0.15, 0.2) is 22.3 Å². The Labute approximate surface area is 152 Å². The predicted molar refractivity (Wildman–Crippen MR) is 96.0 cm³/mol. The van der Waals surface area contributed by atoms with Crippen molar-refractivity contribution in [3.63, 3.8) is 0 Å². The Hall–Kier alpha value is -3.00. The zero-order valence-electron chi connectivity index (χ0n) is 13.9. The average molecular weight is 370 g/mol. The van der Waals surface area contributed by atoms with Crippen LogP contribution in [0.25, 0.3) is 16.3 Å². The van der Waals surface area contributed by atoms with Crippen molar-refractivity contribution in [1.82, 2.24) is 19.8 Å². The molecule has 2 heterocycles. The van der Waals surface area contributed by atoms with Crippen LogP contribution in [-0.2, 0) is 6.61 Å². The molecule has 0 unspecified atom stereocenters. The van der Waals surface area contributed by atoms with Gasteiger partial charge in [0, 0.05) is 5.56 Å². The molecule has 2 aromatic carbocycles. The minimum Gasteiger partial charge on any atom is -0.490 e. The summed E-state index contributed by atoms with van der Waals surface area (Å²) in [5.74, 6) is 1.64. The highest BCUT2D eigenvalue weighted by molar-refractivity contribution is 7.16. The number of nitrogens with zero attached hydrogens (tertiary/aromatic N) is 4. The molecule has 0 aliphatic rings. The average Bonchev–Trinajstić information content (AvgIpc) is 3.22. The maximum atomic E-state index is 13.1. The second-order valence-electron chi connectivity index (χ2n) is 5.39. The molecule has 0 saturated carbocycles. The molecular weight excluding hydrogens is 355 g/mol. The zero-order chi connectivity index (χ0) is 17.9. The van der Waals surface area contributed by atoms with Crippen LogP contribution in [-0.4, -0.2) is 26.4 Å². The Bertz CT molecular complexity index is 1030. The van der Waals surface area contributed by atoms with Gasteiger partial charge >= 0.3 is 0 Å². The van der Waals surface area contributed by atoms with Gasteiger partial charge in [0.05, 0.1) is 6.61 Å². The van der Waals surface area contributed by atoms with Crippen molar-refractivity contribution < 1.29 is 13.9 Å². The molecule has 0 N–H and O–H groups in total. The van der Waals surface area contributed by atoms with E-state index in [-0.39, 0.29) is 5.82 Å². The van der Waals surface area contributed by atoms with E-state index in [0.29, 0.717) is 35.5 Å². The Morgan fingerprint density at radius 3 is 2.46 bits per heavy atom. The van der Waals surface area contributed by atoms with Gasteiger partial charge in [-0.05, 0) is 43.3 Å². The van der Waals surface area contributed by atoms with E-state index in [1.807, 2.05) is 31.2 Å². The summed E-state index contributed by atoms with van der Waals surface area (Å²) in [6.45, 7) is 2.79. The number of halogens is 1. The first-order valence-corrected chi connectivity index (χ1v) is 8.88. The molecule has 0 spiro atoms. The third-order valence-corrected chi connectivity index (χ3v) is 4.51. The van der Waals surface area contributed by atoms with Crippen LogP contribution in [0.3, 0.4) is 0 Å². The lowest BCUT2D eigenvalue weighted by Crippen LogP contribution is -2.00. The van der Waals surface area contributed by atoms with E-state index >= 15 is 0 Å². The van der Waals surface area contributed by atoms with Gasteiger partial charge in [-0.25, -0.2) is 4.39 Å². The molecule has 4 aromatic rings. The molecule has 4 rings (SSSR count). The second-order valence-corrected chi connectivity index (χ2v) is 6.43. The van der Waals surface area contributed by atoms with Crippen molar-refractivity contribution in [2.24, 2.45) is 0 Å². The van der Waals surface area contributed by atoms with Crippen LogP contribution in [0.2, 0.25) is 0 Å². The van der Waals surface area contributed by atoms with E-state index in [2.05, 4.69) is 15.3 Å². The third kappa shape index (κ3) is 3.23. The molecule has 0 saturated heterocycles. The number of hydrogen-bond acceptors (Lipinski definition) is 6. The highest BCUT2D eigenvalue weighted by Gasteiger charge is 2.14.